The monoisotopic (exact) mass is 242 g/mol. The number of nitrogens with zero attached hydrogens (tertiary/aromatic N) is 1. The summed E-state index contributed by atoms with van der Waals surface area (Å²) in [4.78, 5) is 14.5. The molecule has 2 unspecified atom stereocenters. The quantitative estimate of drug-likeness (QED) is 0.723. The van der Waals surface area contributed by atoms with Crippen molar-refractivity contribution < 1.29 is 4.79 Å². The summed E-state index contributed by atoms with van der Waals surface area (Å²) in [6, 6.07) is 0. The number of amides is 1. The molecule has 92 valence electrons. The van der Waals surface area contributed by atoms with Gasteiger partial charge in [-0.1, -0.05) is 33.0 Å². The van der Waals surface area contributed by atoms with Gasteiger partial charge < -0.3 is 10.6 Å². The van der Waals surface area contributed by atoms with Gasteiger partial charge in [0.2, 0.25) is 5.91 Å². The van der Waals surface area contributed by atoms with Crippen molar-refractivity contribution in [3.05, 3.63) is 0 Å². The van der Waals surface area contributed by atoms with E-state index in [-0.39, 0.29) is 11.8 Å². The van der Waals surface area contributed by atoms with E-state index in [2.05, 4.69) is 20.8 Å². The molecule has 2 N–H and O–H groups in total. The molecule has 1 rings (SSSR count). The molecule has 0 bridgehead atoms. The molecule has 2 atom stereocenters. The summed E-state index contributed by atoms with van der Waals surface area (Å²) in [5.74, 6) is 1.60. The van der Waals surface area contributed by atoms with Crippen LogP contribution in [0, 0.1) is 17.8 Å². The van der Waals surface area contributed by atoms with Crippen molar-refractivity contribution in [3.63, 3.8) is 0 Å². The van der Waals surface area contributed by atoms with Crippen LogP contribution >= 0.6 is 12.2 Å². The Morgan fingerprint density at radius 2 is 2.12 bits per heavy atom. The molecular formula is C12H22N2OS. The lowest BCUT2D eigenvalue weighted by atomic mass is 10.2. The molecule has 4 heteroatoms. The van der Waals surface area contributed by atoms with Gasteiger partial charge >= 0.3 is 0 Å². The molecule has 0 spiro atoms. The Labute approximate surface area is 103 Å². The van der Waals surface area contributed by atoms with Gasteiger partial charge in [-0.2, -0.15) is 0 Å². The lowest BCUT2D eigenvalue weighted by Gasteiger charge is -2.24. The Bertz CT molecular complexity index is 278. The highest BCUT2D eigenvalue weighted by Gasteiger charge is 2.41. The van der Waals surface area contributed by atoms with E-state index in [1.54, 1.807) is 0 Å². The first kappa shape index (κ1) is 13.4. The fourth-order valence-electron chi connectivity index (χ4n) is 1.88. The van der Waals surface area contributed by atoms with Crippen molar-refractivity contribution in [3.8, 4) is 0 Å². The highest BCUT2D eigenvalue weighted by Crippen LogP contribution is 2.39. The first-order valence-corrected chi connectivity index (χ1v) is 6.39. The maximum absolute atomic E-state index is 12.1. The molecule has 16 heavy (non-hydrogen) atoms. The SMILES string of the molecule is CC(C)CN(CCC(N)=S)C(=O)C1CC1C. The second-order valence-electron chi connectivity index (χ2n) is 5.21. The molecule has 0 saturated heterocycles. The van der Waals surface area contributed by atoms with Crippen LogP contribution in [0.25, 0.3) is 0 Å². The molecule has 3 nitrogen and oxygen atoms in total. The molecule has 0 aromatic rings. The van der Waals surface area contributed by atoms with Gasteiger partial charge in [-0.3, -0.25) is 4.79 Å². The van der Waals surface area contributed by atoms with Crippen LogP contribution in [0.5, 0.6) is 0 Å². The zero-order valence-electron chi connectivity index (χ0n) is 10.4. The fourth-order valence-corrected chi connectivity index (χ4v) is 1.97. The topological polar surface area (TPSA) is 46.3 Å². The second-order valence-corrected chi connectivity index (χ2v) is 5.74. The highest BCUT2D eigenvalue weighted by molar-refractivity contribution is 7.80. The van der Waals surface area contributed by atoms with E-state index >= 15 is 0 Å². The van der Waals surface area contributed by atoms with E-state index in [1.807, 2.05) is 4.90 Å². The highest BCUT2D eigenvalue weighted by atomic mass is 32.1. The Hall–Kier alpha value is -0.640. The Kier molecular flexibility index (Phi) is 4.71. The first-order chi connectivity index (χ1) is 7.41. The summed E-state index contributed by atoms with van der Waals surface area (Å²) in [6.45, 7) is 7.86. The minimum Gasteiger partial charge on any atom is -0.393 e. The molecule has 0 radical (unpaired) electrons. The number of rotatable bonds is 6. The van der Waals surface area contributed by atoms with Gasteiger partial charge in [0.15, 0.2) is 0 Å². The lowest BCUT2D eigenvalue weighted by molar-refractivity contribution is -0.133. The number of carbonyl (C=O) groups excluding carboxylic acids is 1. The van der Waals surface area contributed by atoms with Crippen molar-refractivity contribution in [1.82, 2.24) is 4.90 Å². The average molecular weight is 242 g/mol. The summed E-state index contributed by atoms with van der Waals surface area (Å²) in [6.07, 6.45) is 1.68. The van der Waals surface area contributed by atoms with Crippen LogP contribution in [0.1, 0.15) is 33.6 Å². The summed E-state index contributed by atoms with van der Waals surface area (Å²) in [5.41, 5.74) is 5.48. The molecule has 1 amide bonds. The first-order valence-electron chi connectivity index (χ1n) is 5.99. The number of hydrogen-bond donors (Lipinski definition) is 1. The molecule has 1 fully saturated rings. The molecule has 1 aliphatic rings. The molecular weight excluding hydrogens is 220 g/mol. The van der Waals surface area contributed by atoms with E-state index in [1.165, 1.54) is 0 Å². The Balaban J connectivity index is 2.48. The zero-order chi connectivity index (χ0) is 12.3. The van der Waals surface area contributed by atoms with E-state index in [9.17, 15) is 4.79 Å². The minimum absolute atomic E-state index is 0.255. The van der Waals surface area contributed by atoms with Crippen molar-refractivity contribution >= 4 is 23.1 Å². The summed E-state index contributed by atoms with van der Waals surface area (Å²) >= 11 is 4.86. The van der Waals surface area contributed by atoms with Crippen LogP contribution < -0.4 is 5.73 Å². The number of hydrogen-bond acceptors (Lipinski definition) is 2. The molecule has 1 aliphatic carbocycles. The van der Waals surface area contributed by atoms with Gasteiger partial charge in [-0.25, -0.2) is 0 Å². The van der Waals surface area contributed by atoms with E-state index in [0.717, 1.165) is 13.0 Å². The van der Waals surface area contributed by atoms with Gasteiger partial charge in [0, 0.05) is 25.4 Å². The zero-order valence-corrected chi connectivity index (χ0v) is 11.2. The number of thiocarbonyl (C=S) groups is 1. The standard InChI is InChI=1S/C12H22N2OS/c1-8(2)7-14(5-4-11(13)16)12(15)10-6-9(10)3/h8-10H,4-7H2,1-3H3,(H2,13,16). The van der Waals surface area contributed by atoms with Crippen LogP contribution in [-0.4, -0.2) is 28.9 Å². The normalized spacial score (nSPS) is 23.2. The smallest absolute Gasteiger partial charge is 0.225 e. The van der Waals surface area contributed by atoms with Crippen molar-refractivity contribution in [2.45, 2.75) is 33.6 Å². The maximum Gasteiger partial charge on any atom is 0.225 e. The van der Waals surface area contributed by atoms with Gasteiger partial charge in [-0.15, -0.1) is 0 Å². The molecule has 1 saturated carbocycles. The Morgan fingerprint density at radius 1 is 1.56 bits per heavy atom. The molecule has 0 aromatic carbocycles. The van der Waals surface area contributed by atoms with Gasteiger partial charge in [0.05, 0.1) is 4.99 Å². The molecule has 0 heterocycles. The minimum atomic E-state index is 0.255. The van der Waals surface area contributed by atoms with Crippen LogP contribution in [0.2, 0.25) is 0 Å². The predicted molar refractivity (Wildman–Crippen MR) is 70.1 cm³/mol. The van der Waals surface area contributed by atoms with Gasteiger partial charge in [0.1, 0.15) is 0 Å². The summed E-state index contributed by atoms with van der Waals surface area (Å²) < 4.78 is 0. The van der Waals surface area contributed by atoms with Crippen LogP contribution in [0.4, 0.5) is 0 Å². The lowest BCUT2D eigenvalue weighted by Crippen LogP contribution is -2.37. The van der Waals surface area contributed by atoms with Gasteiger partial charge in [0.25, 0.3) is 0 Å². The van der Waals surface area contributed by atoms with Crippen molar-refractivity contribution in [2.24, 2.45) is 23.5 Å². The third-order valence-corrected chi connectivity index (χ3v) is 3.16. The number of carbonyl (C=O) groups is 1. The maximum atomic E-state index is 12.1. The fraction of sp³-hybridized carbons (Fsp3) is 0.833. The number of nitrogens with two attached hydrogens (primary N) is 1. The van der Waals surface area contributed by atoms with Gasteiger partial charge in [-0.05, 0) is 18.3 Å². The largest absolute Gasteiger partial charge is 0.393 e. The van der Waals surface area contributed by atoms with Crippen LogP contribution in [-0.2, 0) is 4.79 Å². The molecule has 0 aliphatic heterocycles. The van der Waals surface area contributed by atoms with Crippen LogP contribution in [0.3, 0.4) is 0 Å². The van der Waals surface area contributed by atoms with E-state index in [0.29, 0.717) is 29.8 Å². The second kappa shape index (κ2) is 5.62. The third-order valence-electron chi connectivity index (χ3n) is 2.95. The molecule has 0 aromatic heterocycles. The van der Waals surface area contributed by atoms with Crippen molar-refractivity contribution in [2.75, 3.05) is 13.1 Å². The Morgan fingerprint density at radius 3 is 2.50 bits per heavy atom. The summed E-state index contributed by atoms with van der Waals surface area (Å²) in [7, 11) is 0. The van der Waals surface area contributed by atoms with Crippen LogP contribution in [0.15, 0.2) is 0 Å². The van der Waals surface area contributed by atoms with E-state index in [4.69, 9.17) is 18.0 Å². The van der Waals surface area contributed by atoms with E-state index < -0.39 is 0 Å². The third kappa shape index (κ3) is 4.08. The predicted octanol–water partition coefficient (Wildman–Crippen LogP) is 1.80. The average Bonchev–Trinajstić information content (AvgIpc) is 2.88. The summed E-state index contributed by atoms with van der Waals surface area (Å²) in [5, 5.41) is 0. The van der Waals surface area contributed by atoms with Crippen molar-refractivity contribution in [1.29, 1.82) is 0 Å².